The molecule has 1 saturated carbocycles. The molecule has 6 unspecified atom stereocenters. The van der Waals surface area contributed by atoms with Gasteiger partial charge in [-0.1, -0.05) is 277 Å². The van der Waals surface area contributed by atoms with Crippen molar-refractivity contribution < 1.29 is 58.3 Å². The van der Waals surface area contributed by atoms with Crippen molar-refractivity contribution in [1.29, 1.82) is 0 Å². The van der Waals surface area contributed by atoms with Gasteiger partial charge in [0.05, 0.1) is 13.2 Å². The van der Waals surface area contributed by atoms with Gasteiger partial charge in [0.15, 0.2) is 0 Å². The minimum atomic E-state index is -5.02. The van der Waals surface area contributed by atoms with Gasteiger partial charge in [0.1, 0.15) is 42.7 Å². The van der Waals surface area contributed by atoms with Gasteiger partial charge in [0, 0.05) is 13.0 Å². The number of aliphatic hydroxyl groups excluding tert-OH is 5. The summed E-state index contributed by atoms with van der Waals surface area (Å²) in [5.41, 5.74) is 0. The maximum absolute atomic E-state index is 12.9. The predicted molar refractivity (Wildman–Crippen MR) is 286 cm³/mol. The topological polar surface area (TPSA) is 192 Å². The molecule has 1 rings (SSSR count). The molecule has 0 aliphatic heterocycles. The lowest BCUT2D eigenvalue weighted by Gasteiger charge is -2.41. The van der Waals surface area contributed by atoms with Crippen LogP contribution in [-0.2, 0) is 27.9 Å². The molecular formula is C57H113O12P. The minimum absolute atomic E-state index is 0.0669. The van der Waals surface area contributed by atoms with Crippen molar-refractivity contribution in [1.82, 2.24) is 0 Å². The number of phosphoric ester groups is 1. The van der Waals surface area contributed by atoms with Gasteiger partial charge < -0.3 is 39.9 Å². The Kier molecular flexibility index (Phi) is 46.2. The first kappa shape index (κ1) is 67.4. The van der Waals surface area contributed by atoms with Gasteiger partial charge in [-0.05, 0) is 12.8 Å². The zero-order chi connectivity index (χ0) is 51.2. The first-order chi connectivity index (χ1) is 34.0. The summed E-state index contributed by atoms with van der Waals surface area (Å²) in [5, 5.41) is 50.4. The number of rotatable bonds is 53. The van der Waals surface area contributed by atoms with E-state index in [4.69, 9.17) is 18.5 Å². The van der Waals surface area contributed by atoms with E-state index in [0.717, 1.165) is 38.5 Å². The van der Waals surface area contributed by atoms with E-state index in [-0.39, 0.29) is 13.0 Å². The summed E-state index contributed by atoms with van der Waals surface area (Å²) < 4.78 is 34.5. The van der Waals surface area contributed by atoms with Crippen LogP contribution in [0.4, 0.5) is 0 Å². The number of ether oxygens (including phenoxy) is 2. The Morgan fingerprint density at radius 2 is 0.671 bits per heavy atom. The second-order valence-corrected chi connectivity index (χ2v) is 22.6. The molecule has 70 heavy (non-hydrogen) atoms. The first-order valence-corrected chi connectivity index (χ1v) is 31.4. The third-order valence-electron chi connectivity index (χ3n) is 14.5. The van der Waals surface area contributed by atoms with Crippen LogP contribution in [0.25, 0.3) is 0 Å². The Morgan fingerprint density at radius 3 is 0.986 bits per heavy atom. The number of hydrogen-bond acceptors (Lipinski definition) is 11. The molecule has 13 heteroatoms. The van der Waals surface area contributed by atoms with Crippen LogP contribution in [0.1, 0.15) is 296 Å². The Labute approximate surface area is 429 Å². The smallest absolute Gasteiger partial charge is 0.457 e. The van der Waals surface area contributed by atoms with E-state index in [1.54, 1.807) is 0 Å². The lowest BCUT2D eigenvalue weighted by molar-refractivity contribution is -0.220. The maximum Gasteiger partial charge on any atom is 0.472 e. The standard InChI is InChI=1S/C57H113O12P/c1-3-5-7-9-11-13-15-17-19-21-23-25-27-29-31-33-35-37-39-41-43-45-47-66-48-50(49-67-70(64,65)69-57-55(62)53(60)52(59)54(61)56(57)63)68-51(58)46-44-42-40-38-36-34-32-30-28-26-24-22-20-18-16-14-12-10-8-6-4-2/h50,52-57,59-63H,3-49H2,1-2H3,(H,64,65). The van der Waals surface area contributed by atoms with Crippen LogP contribution in [0.3, 0.4) is 0 Å². The van der Waals surface area contributed by atoms with Crippen molar-refractivity contribution in [3.05, 3.63) is 0 Å². The van der Waals surface area contributed by atoms with Crippen molar-refractivity contribution >= 4 is 13.8 Å². The second-order valence-electron chi connectivity index (χ2n) is 21.2. The van der Waals surface area contributed by atoms with E-state index in [2.05, 4.69) is 13.8 Å². The molecular weight excluding hydrogens is 908 g/mol. The number of carbonyl (C=O) groups is 1. The van der Waals surface area contributed by atoms with Gasteiger partial charge in [0.25, 0.3) is 0 Å². The summed E-state index contributed by atoms with van der Waals surface area (Å²) in [6.07, 6.45) is 43.2. The number of aliphatic hydroxyl groups is 5. The first-order valence-electron chi connectivity index (χ1n) is 29.9. The van der Waals surface area contributed by atoms with Crippen molar-refractivity contribution in [3.8, 4) is 0 Å². The highest BCUT2D eigenvalue weighted by molar-refractivity contribution is 7.47. The molecule has 1 aliphatic rings. The van der Waals surface area contributed by atoms with E-state index in [1.165, 1.54) is 231 Å². The van der Waals surface area contributed by atoms with E-state index in [0.29, 0.717) is 13.0 Å². The number of carbonyl (C=O) groups excluding carboxylic acids is 1. The SMILES string of the molecule is CCCCCCCCCCCCCCCCCCCCCCCCOCC(COP(=O)(O)OC1C(O)C(O)C(O)C(O)C1O)OC(=O)CCCCCCCCCCCCCCCCCCCCCCC. The lowest BCUT2D eigenvalue weighted by Crippen LogP contribution is -2.64. The summed E-state index contributed by atoms with van der Waals surface area (Å²) in [6.45, 7) is 4.35. The molecule has 0 spiro atoms. The molecule has 0 amide bonds. The number of phosphoric acid groups is 1. The van der Waals surface area contributed by atoms with E-state index >= 15 is 0 Å². The third kappa shape index (κ3) is 38.9. The van der Waals surface area contributed by atoms with Crippen molar-refractivity contribution in [3.63, 3.8) is 0 Å². The zero-order valence-electron chi connectivity index (χ0n) is 45.4. The number of hydrogen-bond donors (Lipinski definition) is 6. The van der Waals surface area contributed by atoms with Crippen molar-refractivity contribution in [2.24, 2.45) is 0 Å². The molecule has 0 aromatic heterocycles. The highest BCUT2D eigenvalue weighted by Gasteiger charge is 2.51. The molecule has 1 aliphatic carbocycles. The molecule has 6 N–H and O–H groups in total. The Morgan fingerprint density at radius 1 is 0.400 bits per heavy atom. The molecule has 0 radical (unpaired) electrons. The van der Waals surface area contributed by atoms with Crippen LogP contribution in [0.5, 0.6) is 0 Å². The molecule has 0 bridgehead atoms. The average molecular weight is 1020 g/mol. The molecule has 0 saturated heterocycles. The minimum Gasteiger partial charge on any atom is -0.457 e. The van der Waals surface area contributed by atoms with E-state index in [9.17, 15) is 39.8 Å². The largest absolute Gasteiger partial charge is 0.472 e. The van der Waals surface area contributed by atoms with Crippen LogP contribution in [0.2, 0.25) is 0 Å². The van der Waals surface area contributed by atoms with Gasteiger partial charge in [-0.25, -0.2) is 4.57 Å². The quantitative estimate of drug-likeness (QED) is 0.0192. The molecule has 0 aromatic carbocycles. The average Bonchev–Trinajstić information content (AvgIpc) is 3.35. The highest BCUT2D eigenvalue weighted by atomic mass is 31.2. The van der Waals surface area contributed by atoms with Gasteiger partial charge in [0.2, 0.25) is 0 Å². The van der Waals surface area contributed by atoms with E-state index in [1.807, 2.05) is 0 Å². The molecule has 6 atom stereocenters. The van der Waals surface area contributed by atoms with Crippen LogP contribution >= 0.6 is 7.82 Å². The van der Waals surface area contributed by atoms with Crippen LogP contribution in [0, 0.1) is 0 Å². The Balaban J connectivity index is 2.24. The summed E-state index contributed by atoms with van der Waals surface area (Å²) in [7, 11) is -5.02. The summed E-state index contributed by atoms with van der Waals surface area (Å²) >= 11 is 0. The maximum atomic E-state index is 12.9. The second kappa shape index (κ2) is 48.0. The summed E-state index contributed by atoms with van der Waals surface area (Å²) in [4.78, 5) is 23.3. The molecule has 0 heterocycles. The molecule has 12 nitrogen and oxygen atoms in total. The van der Waals surface area contributed by atoms with Crippen LogP contribution in [0.15, 0.2) is 0 Å². The summed E-state index contributed by atoms with van der Waals surface area (Å²) in [5.74, 6) is -0.466. The molecule has 418 valence electrons. The summed E-state index contributed by atoms with van der Waals surface area (Å²) in [6, 6.07) is 0. The monoisotopic (exact) mass is 1020 g/mol. The van der Waals surface area contributed by atoms with Gasteiger partial charge in [-0.2, -0.15) is 0 Å². The molecule has 0 aromatic rings. The van der Waals surface area contributed by atoms with E-state index < -0.39 is 63.1 Å². The van der Waals surface area contributed by atoms with Crippen molar-refractivity contribution in [2.75, 3.05) is 19.8 Å². The third-order valence-corrected chi connectivity index (χ3v) is 15.5. The predicted octanol–water partition coefficient (Wildman–Crippen LogP) is 14.4. The fraction of sp³-hybridized carbons (Fsp3) is 0.982. The van der Waals surface area contributed by atoms with Gasteiger partial charge in [-0.3, -0.25) is 13.8 Å². The Bertz CT molecular complexity index is 1160. The van der Waals surface area contributed by atoms with Crippen LogP contribution < -0.4 is 0 Å². The fourth-order valence-corrected chi connectivity index (χ4v) is 10.7. The number of esters is 1. The molecule has 1 fully saturated rings. The lowest BCUT2D eigenvalue weighted by atomic mass is 9.85. The van der Waals surface area contributed by atoms with Crippen molar-refractivity contribution in [2.45, 2.75) is 339 Å². The van der Waals surface area contributed by atoms with Gasteiger partial charge >= 0.3 is 13.8 Å². The fourth-order valence-electron chi connectivity index (χ4n) is 9.77. The zero-order valence-corrected chi connectivity index (χ0v) is 46.2. The normalized spacial score (nSPS) is 20.7. The van der Waals surface area contributed by atoms with Crippen LogP contribution in [-0.4, -0.2) is 98.9 Å². The highest BCUT2D eigenvalue weighted by Crippen LogP contribution is 2.47. The Hall–Kier alpha value is -0.660. The van der Waals surface area contributed by atoms with Gasteiger partial charge in [-0.15, -0.1) is 0 Å². The number of unbranched alkanes of at least 4 members (excludes halogenated alkanes) is 41.